The van der Waals surface area contributed by atoms with Crippen LogP contribution in [0.3, 0.4) is 0 Å². The van der Waals surface area contributed by atoms with Crippen LogP contribution in [0.5, 0.6) is 0 Å². The monoisotopic (exact) mass is 257 g/mol. The summed E-state index contributed by atoms with van der Waals surface area (Å²) >= 11 is 0. The fourth-order valence-electron chi connectivity index (χ4n) is 2.13. The average molecular weight is 257 g/mol. The van der Waals surface area contributed by atoms with E-state index in [9.17, 15) is 4.79 Å². The lowest BCUT2D eigenvalue weighted by Crippen LogP contribution is -2.21. The molecule has 0 bridgehead atoms. The van der Waals surface area contributed by atoms with Gasteiger partial charge in [-0.15, -0.1) is 0 Å². The molecule has 0 aliphatic heterocycles. The van der Waals surface area contributed by atoms with Gasteiger partial charge in [-0.3, -0.25) is 9.48 Å². The number of hydrogen-bond donors (Lipinski definition) is 0. The molecule has 100 valence electrons. The molecule has 0 spiro atoms. The van der Waals surface area contributed by atoms with Gasteiger partial charge in [0, 0.05) is 37.5 Å². The highest BCUT2D eigenvalue weighted by Gasteiger charge is 2.11. The van der Waals surface area contributed by atoms with Crippen molar-refractivity contribution < 1.29 is 4.79 Å². The SMILES string of the molecule is CCn1ncc(-c2cccc(C(=O)N(C)C)c2)c1C. The zero-order valence-corrected chi connectivity index (χ0v) is 11.8. The van der Waals surface area contributed by atoms with Gasteiger partial charge in [-0.2, -0.15) is 5.10 Å². The molecular weight excluding hydrogens is 238 g/mol. The lowest BCUT2D eigenvalue weighted by atomic mass is 10.0. The van der Waals surface area contributed by atoms with Crippen molar-refractivity contribution in [1.29, 1.82) is 0 Å². The predicted molar refractivity (Wildman–Crippen MR) is 76.1 cm³/mol. The second-order valence-electron chi connectivity index (χ2n) is 4.74. The van der Waals surface area contributed by atoms with E-state index in [1.54, 1.807) is 19.0 Å². The summed E-state index contributed by atoms with van der Waals surface area (Å²) in [5, 5.41) is 4.34. The van der Waals surface area contributed by atoms with Crippen LogP contribution in [0.4, 0.5) is 0 Å². The Balaban J connectivity index is 2.43. The van der Waals surface area contributed by atoms with Crippen molar-refractivity contribution in [1.82, 2.24) is 14.7 Å². The van der Waals surface area contributed by atoms with Crippen LogP contribution in [0.25, 0.3) is 11.1 Å². The molecule has 1 amide bonds. The van der Waals surface area contributed by atoms with E-state index in [2.05, 4.69) is 12.0 Å². The maximum Gasteiger partial charge on any atom is 0.253 e. The van der Waals surface area contributed by atoms with Crippen LogP contribution < -0.4 is 0 Å². The number of amides is 1. The first-order valence-electron chi connectivity index (χ1n) is 6.39. The Morgan fingerprint density at radius 1 is 1.37 bits per heavy atom. The molecule has 0 saturated heterocycles. The molecule has 4 heteroatoms. The molecular formula is C15H19N3O. The third-order valence-electron chi connectivity index (χ3n) is 3.23. The zero-order valence-electron chi connectivity index (χ0n) is 11.8. The van der Waals surface area contributed by atoms with Gasteiger partial charge in [-0.1, -0.05) is 12.1 Å². The molecule has 4 nitrogen and oxygen atoms in total. The number of aromatic nitrogens is 2. The first kappa shape index (κ1) is 13.3. The zero-order chi connectivity index (χ0) is 14.0. The van der Waals surface area contributed by atoms with Gasteiger partial charge >= 0.3 is 0 Å². The molecule has 2 aromatic rings. The highest BCUT2D eigenvalue weighted by atomic mass is 16.2. The van der Waals surface area contributed by atoms with Crippen molar-refractivity contribution in [3.63, 3.8) is 0 Å². The Bertz CT molecular complexity index is 599. The minimum atomic E-state index is 0.0161. The van der Waals surface area contributed by atoms with Gasteiger partial charge in [-0.05, 0) is 31.5 Å². The van der Waals surface area contributed by atoms with E-state index in [1.807, 2.05) is 42.1 Å². The standard InChI is InChI=1S/C15H19N3O/c1-5-18-11(2)14(10-16-18)12-7-6-8-13(9-12)15(19)17(3)4/h6-10H,5H2,1-4H3. The number of aryl methyl sites for hydroxylation is 1. The van der Waals surface area contributed by atoms with Gasteiger partial charge in [0.25, 0.3) is 5.91 Å². The third-order valence-corrected chi connectivity index (χ3v) is 3.23. The van der Waals surface area contributed by atoms with Gasteiger partial charge in [-0.25, -0.2) is 0 Å². The van der Waals surface area contributed by atoms with Crippen LogP contribution in [0.1, 0.15) is 23.0 Å². The van der Waals surface area contributed by atoms with Crippen LogP contribution in [0, 0.1) is 6.92 Å². The van der Waals surface area contributed by atoms with Gasteiger partial charge in [0.05, 0.1) is 6.20 Å². The van der Waals surface area contributed by atoms with Crippen molar-refractivity contribution in [3.05, 3.63) is 41.7 Å². The smallest absolute Gasteiger partial charge is 0.253 e. The van der Waals surface area contributed by atoms with Crippen molar-refractivity contribution in [2.24, 2.45) is 0 Å². The van der Waals surface area contributed by atoms with Crippen molar-refractivity contribution in [2.45, 2.75) is 20.4 Å². The molecule has 0 fully saturated rings. The molecule has 1 aromatic heterocycles. The molecule has 0 aliphatic rings. The normalized spacial score (nSPS) is 10.5. The van der Waals surface area contributed by atoms with Gasteiger partial charge in [0.1, 0.15) is 0 Å². The third kappa shape index (κ3) is 2.52. The van der Waals surface area contributed by atoms with Crippen molar-refractivity contribution in [2.75, 3.05) is 14.1 Å². The van der Waals surface area contributed by atoms with Crippen LogP contribution in [0.15, 0.2) is 30.5 Å². The largest absolute Gasteiger partial charge is 0.345 e. The summed E-state index contributed by atoms with van der Waals surface area (Å²) in [7, 11) is 3.52. The second kappa shape index (κ2) is 5.26. The molecule has 1 aromatic carbocycles. The summed E-state index contributed by atoms with van der Waals surface area (Å²) in [5.74, 6) is 0.0161. The summed E-state index contributed by atoms with van der Waals surface area (Å²) in [6, 6.07) is 7.68. The summed E-state index contributed by atoms with van der Waals surface area (Å²) < 4.78 is 1.95. The number of rotatable bonds is 3. The Kier molecular flexibility index (Phi) is 3.69. The molecule has 0 atom stereocenters. The van der Waals surface area contributed by atoms with Gasteiger partial charge in [0.15, 0.2) is 0 Å². The molecule has 0 N–H and O–H groups in total. The van der Waals surface area contributed by atoms with Crippen LogP contribution in [-0.4, -0.2) is 34.7 Å². The highest BCUT2D eigenvalue weighted by Crippen LogP contribution is 2.24. The highest BCUT2D eigenvalue weighted by molar-refractivity contribution is 5.95. The number of carbonyl (C=O) groups is 1. The summed E-state index contributed by atoms with van der Waals surface area (Å²) in [6.07, 6.45) is 1.86. The van der Waals surface area contributed by atoms with E-state index in [-0.39, 0.29) is 5.91 Å². The van der Waals surface area contributed by atoms with Crippen LogP contribution in [0.2, 0.25) is 0 Å². The fraction of sp³-hybridized carbons (Fsp3) is 0.333. The molecule has 2 rings (SSSR count). The molecule has 0 aliphatic carbocycles. The van der Waals surface area contributed by atoms with Gasteiger partial charge in [0.2, 0.25) is 0 Å². The van der Waals surface area contributed by atoms with E-state index < -0.39 is 0 Å². The van der Waals surface area contributed by atoms with Crippen LogP contribution in [-0.2, 0) is 6.54 Å². The minimum absolute atomic E-state index is 0.0161. The second-order valence-corrected chi connectivity index (χ2v) is 4.74. The van der Waals surface area contributed by atoms with E-state index >= 15 is 0 Å². The van der Waals surface area contributed by atoms with Crippen molar-refractivity contribution >= 4 is 5.91 Å². The van der Waals surface area contributed by atoms with E-state index in [0.29, 0.717) is 5.56 Å². The van der Waals surface area contributed by atoms with Crippen LogP contribution >= 0.6 is 0 Å². The first-order chi connectivity index (χ1) is 9.04. The molecule has 0 unspecified atom stereocenters. The number of benzene rings is 1. The lowest BCUT2D eigenvalue weighted by Gasteiger charge is -2.11. The molecule has 1 heterocycles. The van der Waals surface area contributed by atoms with E-state index in [1.165, 1.54) is 0 Å². The molecule has 0 saturated carbocycles. The minimum Gasteiger partial charge on any atom is -0.345 e. The maximum absolute atomic E-state index is 12.0. The van der Waals surface area contributed by atoms with E-state index in [0.717, 1.165) is 23.4 Å². The van der Waals surface area contributed by atoms with Gasteiger partial charge < -0.3 is 4.90 Å². The fourth-order valence-corrected chi connectivity index (χ4v) is 2.13. The number of carbonyl (C=O) groups excluding carboxylic acids is 1. The van der Waals surface area contributed by atoms with Crippen molar-refractivity contribution in [3.8, 4) is 11.1 Å². The number of nitrogens with zero attached hydrogens (tertiary/aromatic N) is 3. The lowest BCUT2D eigenvalue weighted by molar-refractivity contribution is 0.0827. The Hall–Kier alpha value is -2.10. The topological polar surface area (TPSA) is 38.1 Å². The first-order valence-corrected chi connectivity index (χ1v) is 6.39. The maximum atomic E-state index is 12.0. The molecule has 19 heavy (non-hydrogen) atoms. The summed E-state index contributed by atoms with van der Waals surface area (Å²) in [6.45, 7) is 4.96. The Labute approximate surface area is 113 Å². The predicted octanol–water partition coefficient (Wildman–Crippen LogP) is 2.58. The summed E-state index contributed by atoms with van der Waals surface area (Å²) in [5.41, 5.74) is 3.93. The summed E-state index contributed by atoms with van der Waals surface area (Å²) in [4.78, 5) is 13.6. The molecule has 0 radical (unpaired) electrons. The quantitative estimate of drug-likeness (QED) is 0.847. The van der Waals surface area contributed by atoms with E-state index in [4.69, 9.17) is 0 Å². The average Bonchev–Trinajstić information content (AvgIpc) is 2.79. The number of hydrogen-bond acceptors (Lipinski definition) is 2. The Morgan fingerprint density at radius 3 is 2.68 bits per heavy atom. The Morgan fingerprint density at radius 2 is 2.11 bits per heavy atom.